The average Bonchev–Trinajstić information content (AvgIpc) is 2.91. The third-order valence-electron chi connectivity index (χ3n) is 3.27. The highest BCUT2D eigenvalue weighted by atomic mass is 19.1. The molecule has 1 saturated heterocycles. The van der Waals surface area contributed by atoms with Crippen LogP contribution in [0.5, 0.6) is 0 Å². The lowest BCUT2D eigenvalue weighted by atomic mass is 9.93. The summed E-state index contributed by atoms with van der Waals surface area (Å²) in [5, 5.41) is 2.59. The first kappa shape index (κ1) is 12.6. The van der Waals surface area contributed by atoms with Crippen LogP contribution in [0.1, 0.15) is 23.2 Å². The van der Waals surface area contributed by atoms with E-state index < -0.39 is 5.67 Å². The second-order valence-electron chi connectivity index (χ2n) is 4.57. The molecule has 2 rings (SSSR count). The van der Waals surface area contributed by atoms with Gasteiger partial charge in [0.25, 0.3) is 5.91 Å². The predicted molar refractivity (Wildman–Crippen MR) is 63.8 cm³/mol. The van der Waals surface area contributed by atoms with E-state index in [4.69, 9.17) is 0 Å². The van der Waals surface area contributed by atoms with Gasteiger partial charge in [-0.1, -0.05) is 0 Å². The molecule has 1 aromatic heterocycles. The second-order valence-corrected chi connectivity index (χ2v) is 4.57. The number of H-pyrrole nitrogens is 1. The van der Waals surface area contributed by atoms with Crippen molar-refractivity contribution in [2.45, 2.75) is 18.5 Å². The standard InChI is InChI=1S/C12H16FN3O2/c13-12(2-5-16(9-17)6-3-12)8-15-11(18)10-1-4-14-7-10/h1,4,7,9,14H,2-3,5-6,8H2,(H,15,18). The number of nitrogens with zero attached hydrogens (tertiary/aromatic N) is 1. The highest BCUT2D eigenvalue weighted by molar-refractivity contribution is 5.93. The van der Waals surface area contributed by atoms with Crippen molar-refractivity contribution < 1.29 is 14.0 Å². The Labute approximate surface area is 104 Å². The fourth-order valence-electron chi connectivity index (χ4n) is 2.01. The van der Waals surface area contributed by atoms with Gasteiger partial charge >= 0.3 is 0 Å². The molecule has 1 aliphatic heterocycles. The van der Waals surface area contributed by atoms with Gasteiger partial charge in [-0.05, 0) is 6.07 Å². The largest absolute Gasteiger partial charge is 0.367 e. The van der Waals surface area contributed by atoms with Crippen LogP contribution in [0.15, 0.2) is 18.5 Å². The highest BCUT2D eigenvalue weighted by Gasteiger charge is 2.34. The molecule has 98 valence electrons. The highest BCUT2D eigenvalue weighted by Crippen LogP contribution is 2.25. The lowest BCUT2D eigenvalue weighted by Gasteiger charge is -2.34. The summed E-state index contributed by atoms with van der Waals surface area (Å²) in [5.74, 6) is -0.286. The predicted octanol–water partition coefficient (Wildman–Crippen LogP) is 0.705. The number of rotatable bonds is 4. The minimum Gasteiger partial charge on any atom is -0.367 e. The Kier molecular flexibility index (Phi) is 3.64. The molecule has 5 nitrogen and oxygen atoms in total. The number of alkyl halides is 1. The molecule has 0 unspecified atom stereocenters. The minimum absolute atomic E-state index is 0.0102. The Balaban J connectivity index is 1.83. The van der Waals surface area contributed by atoms with Gasteiger partial charge in [-0.15, -0.1) is 0 Å². The van der Waals surface area contributed by atoms with E-state index >= 15 is 0 Å². The quantitative estimate of drug-likeness (QED) is 0.776. The topological polar surface area (TPSA) is 65.2 Å². The Hall–Kier alpha value is -1.85. The number of carbonyl (C=O) groups excluding carboxylic acids is 2. The lowest BCUT2D eigenvalue weighted by Crippen LogP contribution is -2.47. The minimum atomic E-state index is -1.41. The van der Waals surface area contributed by atoms with Crippen LogP contribution in [-0.2, 0) is 4.79 Å². The van der Waals surface area contributed by atoms with Gasteiger partial charge in [0.2, 0.25) is 6.41 Å². The molecule has 0 aromatic carbocycles. The van der Waals surface area contributed by atoms with Crippen molar-refractivity contribution in [1.29, 1.82) is 0 Å². The Morgan fingerprint density at radius 3 is 2.83 bits per heavy atom. The first-order chi connectivity index (χ1) is 8.63. The van der Waals surface area contributed by atoms with Crippen LogP contribution < -0.4 is 5.32 Å². The van der Waals surface area contributed by atoms with Crippen molar-refractivity contribution >= 4 is 12.3 Å². The zero-order valence-corrected chi connectivity index (χ0v) is 9.99. The third kappa shape index (κ3) is 2.88. The number of piperidine rings is 1. The smallest absolute Gasteiger partial charge is 0.252 e. The van der Waals surface area contributed by atoms with Gasteiger partial charge in [0, 0.05) is 38.3 Å². The van der Waals surface area contributed by atoms with E-state index in [1.165, 1.54) is 0 Å². The van der Waals surface area contributed by atoms with Gasteiger partial charge in [0.1, 0.15) is 5.67 Å². The molecule has 2 heterocycles. The molecule has 0 aliphatic carbocycles. The van der Waals surface area contributed by atoms with Crippen LogP contribution in [0.2, 0.25) is 0 Å². The lowest BCUT2D eigenvalue weighted by molar-refractivity contribution is -0.120. The number of amides is 2. The van der Waals surface area contributed by atoms with Gasteiger partial charge in [-0.25, -0.2) is 4.39 Å². The molecule has 0 spiro atoms. The van der Waals surface area contributed by atoms with E-state index in [2.05, 4.69) is 10.3 Å². The van der Waals surface area contributed by atoms with E-state index in [1.54, 1.807) is 23.4 Å². The zero-order chi connectivity index (χ0) is 13.0. The van der Waals surface area contributed by atoms with Crippen LogP contribution in [0, 0.1) is 0 Å². The molecule has 1 aromatic rings. The van der Waals surface area contributed by atoms with E-state index in [0.717, 1.165) is 6.41 Å². The SMILES string of the molecule is O=CN1CCC(F)(CNC(=O)c2cc[nH]c2)CC1. The summed E-state index contributed by atoms with van der Waals surface area (Å²) in [6.07, 6.45) is 4.47. The zero-order valence-electron chi connectivity index (χ0n) is 9.99. The molecular formula is C12H16FN3O2. The van der Waals surface area contributed by atoms with E-state index in [-0.39, 0.29) is 25.3 Å². The van der Waals surface area contributed by atoms with E-state index in [1.807, 2.05) is 0 Å². The summed E-state index contributed by atoms with van der Waals surface area (Å²) in [6, 6.07) is 1.63. The number of aromatic nitrogens is 1. The maximum absolute atomic E-state index is 14.3. The molecule has 1 aliphatic rings. The second kappa shape index (κ2) is 5.20. The van der Waals surface area contributed by atoms with Crippen LogP contribution in [0.4, 0.5) is 4.39 Å². The number of aromatic amines is 1. The Morgan fingerprint density at radius 1 is 1.56 bits per heavy atom. The van der Waals surface area contributed by atoms with Crippen LogP contribution in [-0.4, -0.2) is 47.5 Å². The number of hydrogen-bond donors (Lipinski definition) is 2. The summed E-state index contributed by atoms with van der Waals surface area (Å²) in [6.45, 7) is 0.795. The first-order valence-electron chi connectivity index (χ1n) is 5.92. The van der Waals surface area contributed by atoms with Crippen molar-refractivity contribution in [2.24, 2.45) is 0 Å². The van der Waals surface area contributed by atoms with Gasteiger partial charge in [-0.3, -0.25) is 9.59 Å². The molecule has 0 saturated carbocycles. The summed E-state index contributed by atoms with van der Waals surface area (Å²) in [4.78, 5) is 26.5. The van der Waals surface area contributed by atoms with Gasteiger partial charge < -0.3 is 15.2 Å². The van der Waals surface area contributed by atoms with E-state index in [9.17, 15) is 14.0 Å². The van der Waals surface area contributed by atoms with Gasteiger partial charge in [-0.2, -0.15) is 0 Å². The average molecular weight is 253 g/mol. The molecule has 2 N–H and O–H groups in total. The third-order valence-corrected chi connectivity index (χ3v) is 3.27. The summed E-state index contributed by atoms with van der Waals surface area (Å²) in [5.41, 5.74) is -0.921. The van der Waals surface area contributed by atoms with Crippen LogP contribution >= 0.6 is 0 Å². The van der Waals surface area contributed by atoms with Crippen molar-refractivity contribution in [1.82, 2.24) is 15.2 Å². The van der Waals surface area contributed by atoms with Crippen molar-refractivity contribution in [3.63, 3.8) is 0 Å². The molecule has 0 radical (unpaired) electrons. The summed E-state index contributed by atoms with van der Waals surface area (Å²) in [7, 11) is 0. The summed E-state index contributed by atoms with van der Waals surface area (Å²) >= 11 is 0. The number of halogens is 1. The van der Waals surface area contributed by atoms with Crippen LogP contribution in [0.3, 0.4) is 0 Å². The molecule has 0 atom stereocenters. The number of nitrogens with one attached hydrogen (secondary N) is 2. The Morgan fingerprint density at radius 2 is 2.28 bits per heavy atom. The molecule has 0 bridgehead atoms. The maximum Gasteiger partial charge on any atom is 0.252 e. The molecule has 6 heteroatoms. The van der Waals surface area contributed by atoms with Crippen molar-refractivity contribution in [3.05, 3.63) is 24.0 Å². The molecule has 2 amide bonds. The van der Waals surface area contributed by atoms with Crippen molar-refractivity contribution in [2.75, 3.05) is 19.6 Å². The molecule has 18 heavy (non-hydrogen) atoms. The first-order valence-corrected chi connectivity index (χ1v) is 5.92. The number of hydrogen-bond acceptors (Lipinski definition) is 2. The summed E-state index contributed by atoms with van der Waals surface area (Å²) < 4.78 is 14.3. The fraction of sp³-hybridized carbons (Fsp3) is 0.500. The monoisotopic (exact) mass is 253 g/mol. The number of likely N-dealkylation sites (tertiary alicyclic amines) is 1. The fourth-order valence-corrected chi connectivity index (χ4v) is 2.01. The molecular weight excluding hydrogens is 237 g/mol. The van der Waals surface area contributed by atoms with E-state index in [0.29, 0.717) is 18.7 Å². The Bertz CT molecular complexity index is 411. The maximum atomic E-state index is 14.3. The van der Waals surface area contributed by atoms with Crippen molar-refractivity contribution in [3.8, 4) is 0 Å². The van der Waals surface area contributed by atoms with Crippen LogP contribution in [0.25, 0.3) is 0 Å². The normalized spacial score (nSPS) is 18.4. The number of carbonyl (C=O) groups is 2. The molecule has 1 fully saturated rings. The van der Waals surface area contributed by atoms with Gasteiger partial charge in [0.05, 0.1) is 12.1 Å². The van der Waals surface area contributed by atoms with Gasteiger partial charge in [0.15, 0.2) is 0 Å².